The first-order chi connectivity index (χ1) is 13.8. The normalized spacial score (nSPS) is 14.9. The van der Waals surface area contributed by atoms with Crippen LogP contribution in [0, 0.1) is 0 Å². The Balaban J connectivity index is 1.76. The van der Waals surface area contributed by atoms with Crippen LogP contribution in [0.25, 0.3) is 0 Å². The second-order valence-electron chi connectivity index (χ2n) is 5.93. The highest BCUT2D eigenvalue weighted by Crippen LogP contribution is 2.20. The number of esters is 1. The van der Waals surface area contributed by atoms with E-state index in [1.807, 2.05) is 0 Å². The number of thiazole rings is 1. The summed E-state index contributed by atoms with van der Waals surface area (Å²) < 4.78 is 31.4. The number of ether oxygens (including phenoxy) is 1. The molecule has 1 saturated heterocycles. The van der Waals surface area contributed by atoms with Crippen molar-refractivity contribution >= 4 is 44.3 Å². The lowest BCUT2D eigenvalue weighted by Gasteiger charge is -2.26. The molecule has 0 aliphatic carbocycles. The standard InChI is InChI=1S/C17H18N4O6S2/c1-2-27-16(24)13-10-28-17(19-13)20-15(23)11-4-3-5-12(8-11)29(25,26)21-7-6-18-14(22)9-21/h3-5,8,10H,2,6-7,9H2,1H3,(H,18,22)(H,19,20,23). The molecule has 3 rings (SSSR count). The van der Waals surface area contributed by atoms with E-state index in [1.54, 1.807) is 6.92 Å². The molecule has 154 valence electrons. The summed E-state index contributed by atoms with van der Waals surface area (Å²) in [4.78, 5) is 39.5. The molecule has 12 heteroatoms. The quantitative estimate of drug-likeness (QED) is 0.634. The highest BCUT2D eigenvalue weighted by atomic mass is 32.2. The largest absolute Gasteiger partial charge is 0.461 e. The molecule has 1 fully saturated rings. The van der Waals surface area contributed by atoms with Crippen molar-refractivity contribution < 1.29 is 27.5 Å². The van der Waals surface area contributed by atoms with E-state index in [0.717, 1.165) is 15.6 Å². The molecule has 10 nitrogen and oxygen atoms in total. The average molecular weight is 438 g/mol. The van der Waals surface area contributed by atoms with Gasteiger partial charge < -0.3 is 10.1 Å². The van der Waals surface area contributed by atoms with Crippen LogP contribution in [0.2, 0.25) is 0 Å². The van der Waals surface area contributed by atoms with Gasteiger partial charge in [-0.3, -0.25) is 14.9 Å². The van der Waals surface area contributed by atoms with Crippen LogP contribution in [-0.2, 0) is 19.6 Å². The zero-order valence-corrected chi connectivity index (χ0v) is 17.0. The molecular weight excluding hydrogens is 420 g/mol. The number of hydrogen-bond acceptors (Lipinski definition) is 8. The van der Waals surface area contributed by atoms with Crippen molar-refractivity contribution in [3.63, 3.8) is 0 Å². The van der Waals surface area contributed by atoms with Gasteiger partial charge in [-0.2, -0.15) is 4.31 Å². The zero-order chi connectivity index (χ0) is 21.0. The number of nitrogens with zero attached hydrogens (tertiary/aromatic N) is 2. The molecular formula is C17H18N4O6S2. The number of amides is 2. The van der Waals surface area contributed by atoms with E-state index in [1.165, 1.54) is 29.6 Å². The molecule has 2 heterocycles. The summed E-state index contributed by atoms with van der Waals surface area (Å²) in [6, 6.07) is 5.49. The summed E-state index contributed by atoms with van der Waals surface area (Å²) in [6.45, 7) is 1.99. The minimum Gasteiger partial charge on any atom is -0.461 e. The van der Waals surface area contributed by atoms with Crippen LogP contribution < -0.4 is 10.6 Å². The Morgan fingerprint density at radius 2 is 2.17 bits per heavy atom. The van der Waals surface area contributed by atoms with Crippen molar-refractivity contribution in [3.05, 3.63) is 40.9 Å². The third-order valence-corrected chi connectivity index (χ3v) is 6.55. The lowest BCUT2D eigenvalue weighted by atomic mass is 10.2. The number of anilines is 1. The topological polar surface area (TPSA) is 135 Å². The fourth-order valence-electron chi connectivity index (χ4n) is 2.57. The van der Waals surface area contributed by atoms with Gasteiger partial charge in [0.25, 0.3) is 5.91 Å². The van der Waals surface area contributed by atoms with Gasteiger partial charge in [0, 0.05) is 24.0 Å². The molecule has 2 amide bonds. The number of rotatable bonds is 6. The monoisotopic (exact) mass is 438 g/mol. The molecule has 0 bridgehead atoms. The Morgan fingerprint density at radius 1 is 1.38 bits per heavy atom. The molecule has 0 saturated carbocycles. The van der Waals surface area contributed by atoms with Gasteiger partial charge in [-0.25, -0.2) is 18.2 Å². The summed E-state index contributed by atoms with van der Waals surface area (Å²) in [6.07, 6.45) is 0. The van der Waals surface area contributed by atoms with Crippen LogP contribution >= 0.6 is 11.3 Å². The summed E-state index contributed by atoms with van der Waals surface area (Å²) in [5, 5.41) is 6.73. The SMILES string of the molecule is CCOC(=O)c1csc(NC(=O)c2cccc(S(=O)(=O)N3CCNC(=O)C3)c2)n1. The number of sulfonamides is 1. The summed E-state index contributed by atoms with van der Waals surface area (Å²) in [5.41, 5.74) is 0.173. The fourth-order valence-corrected chi connectivity index (χ4v) is 4.68. The van der Waals surface area contributed by atoms with Gasteiger partial charge in [-0.05, 0) is 25.1 Å². The van der Waals surface area contributed by atoms with Crippen molar-refractivity contribution in [2.24, 2.45) is 0 Å². The Hall–Kier alpha value is -2.83. The van der Waals surface area contributed by atoms with Gasteiger partial charge >= 0.3 is 5.97 Å². The van der Waals surface area contributed by atoms with E-state index in [-0.39, 0.29) is 53.4 Å². The predicted molar refractivity (Wildman–Crippen MR) is 104 cm³/mol. The maximum absolute atomic E-state index is 12.8. The molecule has 2 aromatic rings. The maximum Gasteiger partial charge on any atom is 0.357 e. The van der Waals surface area contributed by atoms with Crippen molar-refractivity contribution in [1.82, 2.24) is 14.6 Å². The van der Waals surface area contributed by atoms with Gasteiger partial charge in [0.2, 0.25) is 15.9 Å². The fraction of sp³-hybridized carbons (Fsp3) is 0.294. The Bertz CT molecular complexity index is 1050. The Morgan fingerprint density at radius 3 is 2.90 bits per heavy atom. The molecule has 1 aliphatic heterocycles. The van der Waals surface area contributed by atoms with E-state index in [4.69, 9.17) is 4.74 Å². The number of aromatic nitrogens is 1. The second-order valence-corrected chi connectivity index (χ2v) is 8.72. The summed E-state index contributed by atoms with van der Waals surface area (Å²) in [7, 11) is -3.92. The average Bonchev–Trinajstić information content (AvgIpc) is 3.17. The minimum atomic E-state index is -3.92. The first-order valence-electron chi connectivity index (χ1n) is 8.62. The molecule has 1 aliphatic rings. The van der Waals surface area contributed by atoms with Crippen LogP contribution in [0.15, 0.2) is 34.5 Å². The van der Waals surface area contributed by atoms with Gasteiger partial charge in [-0.15, -0.1) is 11.3 Å². The Kier molecular flexibility index (Phi) is 6.25. The molecule has 1 aromatic carbocycles. The summed E-state index contributed by atoms with van der Waals surface area (Å²) in [5.74, 6) is -1.55. The number of benzene rings is 1. The third-order valence-electron chi connectivity index (χ3n) is 3.95. The van der Waals surface area contributed by atoms with Crippen molar-refractivity contribution in [1.29, 1.82) is 0 Å². The number of piperazine rings is 1. The van der Waals surface area contributed by atoms with Gasteiger partial charge in [-0.1, -0.05) is 6.07 Å². The smallest absolute Gasteiger partial charge is 0.357 e. The first-order valence-corrected chi connectivity index (χ1v) is 10.9. The number of hydrogen-bond donors (Lipinski definition) is 2. The van der Waals surface area contributed by atoms with Crippen molar-refractivity contribution in [3.8, 4) is 0 Å². The maximum atomic E-state index is 12.8. The second kappa shape index (κ2) is 8.68. The van der Waals surface area contributed by atoms with Gasteiger partial charge in [0.1, 0.15) is 0 Å². The lowest BCUT2D eigenvalue weighted by Crippen LogP contribution is -2.49. The predicted octanol–water partition coefficient (Wildman–Crippen LogP) is 0.693. The van der Waals surface area contributed by atoms with Crippen molar-refractivity contribution in [2.45, 2.75) is 11.8 Å². The van der Waals surface area contributed by atoms with Crippen LogP contribution in [0.3, 0.4) is 0 Å². The molecule has 2 N–H and O–H groups in total. The van der Waals surface area contributed by atoms with Crippen molar-refractivity contribution in [2.75, 3.05) is 31.6 Å². The zero-order valence-electron chi connectivity index (χ0n) is 15.4. The molecule has 0 atom stereocenters. The van der Waals surface area contributed by atoms with Crippen LogP contribution in [-0.4, -0.2) is 61.7 Å². The highest BCUT2D eigenvalue weighted by molar-refractivity contribution is 7.89. The number of carbonyl (C=O) groups excluding carboxylic acids is 3. The molecule has 1 aromatic heterocycles. The van der Waals surface area contributed by atoms with E-state index in [2.05, 4.69) is 15.6 Å². The van der Waals surface area contributed by atoms with Crippen LogP contribution in [0.5, 0.6) is 0 Å². The molecule has 0 radical (unpaired) electrons. The van der Waals surface area contributed by atoms with E-state index >= 15 is 0 Å². The molecule has 0 unspecified atom stereocenters. The van der Waals surface area contributed by atoms with Crippen LogP contribution in [0.4, 0.5) is 5.13 Å². The lowest BCUT2D eigenvalue weighted by molar-refractivity contribution is -0.122. The third kappa shape index (κ3) is 4.78. The van der Waals surface area contributed by atoms with Gasteiger partial charge in [0.15, 0.2) is 10.8 Å². The number of carbonyl (C=O) groups is 3. The Labute approximate surface area is 170 Å². The van der Waals surface area contributed by atoms with E-state index in [0.29, 0.717) is 0 Å². The minimum absolute atomic E-state index is 0.0758. The summed E-state index contributed by atoms with van der Waals surface area (Å²) >= 11 is 1.04. The number of nitrogens with one attached hydrogen (secondary N) is 2. The van der Waals surface area contributed by atoms with E-state index < -0.39 is 21.9 Å². The highest BCUT2D eigenvalue weighted by Gasteiger charge is 2.29. The van der Waals surface area contributed by atoms with E-state index in [9.17, 15) is 22.8 Å². The first kappa shape index (κ1) is 20.9. The molecule has 29 heavy (non-hydrogen) atoms. The van der Waals surface area contributed by atoms with Gasteiger partial charge in [0.05, 0.1) is 18.0 Å². The van der Waals surface area contributed by atoms with Crippen LogP contribution in [0.1, 0.15) is 27.8 Å². The molecule has 0 spiro atoms.